The molecule has 0 amide bonds. The summed E-state index contributed by atoms with van der Waals surface area (Å²) in [5.74, 6) is -0.933. The Morgan fingerprint density at radius 1 is 1.04 bits per heavy atom. The van der Waals surface area contributed by atoms with Crippen molar-refractivity contribution in [1.82, 2.24) is 9.97 Å². The Labute approximate surface area is 148 Å². The predicted octanol–water partition coefficient (Wildman–Crippen LogP) is 4.03. The van der Waals surface area contributed by atoms with E-state index in [2.05, 4.69) is 20.6 Å². The van der Waals surface area contributed by atoms with Crippen molar-refractivity contribution in [3.05, 3.63) is 66.0 Å². The van der Waals surface area contributed by atoms with Crippen LogP contribution >= 0.6 is 0 Å². The van der Waals surface area contributed by atoms with E-state index in [1.807, 2.05) is 0 Å². The largest absolute Gasteiger partial charge is 0.393 e. The van der Waals surface area contributed by atoms with Crippen molar-refractivity contribution in [1.29, 1.82) is 0 Å². The standard InChI is InChI=1S/C18H15F2N5O/c1-10(26)11-3-2-4-13(7-11)24-17-16(21)18(23-9-22-17)25-15-8-12(19)5-6-14(15)20/h2-9H,21H2,1H3,(H2,22,23,24,25). The molecule has 0 radical (unpaired) electrons. The van der Waals surface area contributed by atoms with Crippen LogP contribution in [0.1, 0.15) is 17.3 Å². The number of nitrogens with zero attached hydrogens (tertiary/aromatic N) is 2. The van der Waals surface area contributed by atoms with Crippen LogP contribution in [0.4, 0.5) is 37.5 Å². The van der Waals surface area contributed by atoms with Gasteiger partial charge in [-0.1, -0.05) is 12.1 Å². The predicted molar refractivity (Wildman–Crippen MR) is 95.8 cm³/mol. The molecule has 1 heterocycles. The van der Waals surface area contributed by atoms with Crippen LogP contribution in [0.25, 0.3) is 0 Å². The first-order valence-corrected chi connectivity index (χ1v) is 7.64. The number of nitrogens with one attached hydrogen (secondary N) is 2. The zero-order chi connectivity index (χ0) is 18.7. The number of nitrogens with two attached hydrogens (primary N) is 1. The number of hydrogen-bond donors (Lipinski definition) is 3. The summed E-state index contributed by atoms with van der Waals surface area (Å²) >= 11 is 0. The van der Waals surface area contributed by atoms with Crippen molar-refractivity contribution < 1.29 is 13.6 Å². The molecule has 0 bridgehead atoms. The summed E-state index contributed by atoms with van der Waals surface area (Å²) in [6.45, 7) is 1.47. The summed E-state index contributed by atoms with van der Waals surface area (Å²) < 4.78 is 27.1. The number of ketones is 1. The van der Waals surface area contributed by atoms with E-state index >= 15 is 0 Å². The molecule has 26 heavy (non-hydrogen) atoms. The third kappa shape index (κ3) is 3.75. The highest BCUT2D eigenvalue weighted by Gasteiger charge is 2.12. The Bertz CT molecular complexity index is 978. The average molecular weight is 355 g/mol. The monoisotopic (exact) mass is 355 g/mol. The minimum Gasteiger partial charge on any atom is -0.393 e. The van der Waals surface area contributed by atoms with Gasteiger partial charge in [0.1, 0.15) is 23.6 Å². The van der Waals surface area contributed by atoms with Gasteiger partial charge in [-0.15, -0.1) is 0 Å². The van der Waals surface area contributed by atoms with Crippen molar-refractivity contribution in [3.8, 4) is 0 Å². The molecule has 0 saturated heterocycles. The molecule has 3 rings (SSSR count). The summed E-state index contributed by atoms with van der Waals surface area (Å²) in [6.07, 6.45) is 1.23. The zero-order valence-corrected chi connectivity index (χ0v) is 13.8. The van der Waals surface area contributed by atoms with Gasteiger partial charge in [-0.2, -0.15) is 0 Å². The Hall–Kier alpha value is -3.55. The van der Waals surface area contributed by atoms with Gasteiger partial charge in [-0.05, 0) is 31.2 Å². The number of aromatic nitrogens is 2. The number of carbonyl (C=O) groups excluding carboxylic acids is 1. The number of hydrogen-bond acceptors (Lipinski definition) is 6. The SMILES string of the molecule is CC(=O)c1cccc(Nc2ncnc(Nc3cc(F)ccc3F)c2N)c1. The van der Waals surface area contributed by atoms with Crippen LogP contribution in [0.5, 0.6) is 0 Å². The summed E-state index contributed by atoms with van der Waals surface area (Å²) in [5, 5.41) is 5.64. The van der Waals surface area contributed by atoms with Gasteiger partial charge in [0.05, 0.1) is 5.69 Å². The molecule has 0 saturated carbocycles. The molecule has 4 N–H and O–H groups in total. The molecule has 3 aromatic rings. The average Bonchev–Trinajstić information content (AvgIpc) is 2.62. The molecule has 0 unspecified atom stereocenters. The van der Waals surface area contributed by atoms with E-state index in [1.165, 1.54) is 13.3 Å². The van der Waals surface area contributed by atoms with Gasteiger partial charge in [0.25, 0.3) is 0 Å². The van der Waals surface area contributed by atoms with Crippen LogP contribution in [0, 0.1) is 11.6 Å². The smallest absolute Gasteiger partial charge is 0.159 e. The Morgan fingerprint density at radius 3 is 2.50 bits per heavy atom. The number of anilines is 5. The number of carbonyl (C=O) groups is 1. The second kappa shape index (κ2) is 7.14. The minimum absolute atomic E-state index is 0.0757. The van der Waals surface area contributed by atoms with Crippen molar-refractivity contribution >= 4 is 34.5 Å². The first-order chi connectivity index (χ1) is 12.4. The van der Waals surface area contributed by atoms with Crippen LogP contribution in [-0.4, -0.2) is 15.8 Å². The summed E-state index contributed by atoms with van der Waals surface area (Å²) in [7, 11) is 0. The van der Waals surface area contributed by atoms with Crippen LogP contribution in [0.2, 0.25) is 0 Å². The fraction of sp³-hybridized carbons (Fsp3) is 0.0556. The number of benzene rings is 2. The second-order valence-electron chi connectivity index (χ2n) is 5.50. The molecule has 1 aromatic heterocycles. The molecule has 0 aliphatic carbocycles. The maximum absolute atomic E-state index is 13.8. The first kappa shape index (κ1) is 17.3. The molecule has 8 heteroatoms. The lowest BCUT2D eigenvalue weighted by Gasteiger charge is -2.13. The summed E-state index contributed by atoms with van der Waals surface area (Å²) in [6, 6.07) is 9.82. The van der Waals surface area contributed by atoms with E-state index in [-0.39, 0.29) is 28.8 Å². The fourth-order valence-corrected chi connectivity index (χ4v) is 2.27. The van der Waals surface area contributed by atoms with Crippen LogP contribution in [-0.2, 0) is 0 Å². The highest BCUT2D eigenvalue weighted by molar-refractivity contribution is 5.95. The number of Topliss-reactive ketones (excluding diaryl/α,β-unsaturated/α-hetero) is 1. The quantitative estimate of drug-likeness (QED) is 0.599. The van der Waals surface area contributed by atoms with E-state index in [0.29, 0.717) is 11.3 Å². The van der Waals surface area contributed by atoms with Crippen molar-refractivity contribution in [3.63, 3.8) is 0 Å². The second-order valence-corrected chi connectivity index (χ2v) is 5.50. The fourth-order valence-electron chi connectivity index (χ4n) is 2.27. The Kier molecular flexibility index (Phi) is 4.74. The van der Waals surface area contributed by atoms with Gasteiger partial charge in [-0.3, -0.25) is 4.79 Å². The Morgan fingerprint density at radius 2 is 1.77 bits per heavy atom. The lowest BCUT2D eigenvalue weighted by molar-refractivity contribution is 0.101. The van der Waals surface area contributed by atoms with Crippen LogP contribution in [0.3, 0.4) is 0 Å². The van der Waals surface area contributed by atoms with Crippen LogP contribution < -0.4 is 16.4 Å². The van der Waals surface area contributed by atoms with E-state index < -0.39 is 11.6 Å². The molecule has 132 valence electrons. The van der Waals surface area contributed by atoms with Crippen molar-refractivity contribution in [2.24, 2.45) is 0 Å². The van der Waals surface area contributed by atoms with Crippen molar-refractivity contribution in [2.75, 3.05) is 16.4 Å². The van der Waals surface area contributed by atoms with Crippen molar-refractivity contribution in [2.45, 2.75) is 6.92 Å². The number of rotatable bonds is 5. The molecular formula is C18H15F2N5O. The zero-order valence-electron chi connectivity index (χ0n) is 13.8. The lowest BCUT2D eigenvalue weighted by atomic mass is 10.1. The van der Waals surface area contributed by atoms with Crippen LogP contribution in [0.15, 0.2) is 48.8 Å². The van der Waals surface area contributed by atoms with Gasteiger partial charge in [0.15, 0.2) is 17.4 Å². The maximum Gasteiger partial charge on any atom is 0.159 e. The van der Waals surface area contributed by atoms with E-state index in [0.717, 1.165) is 18.2 Å². The Balaban J connectivity index is 1.89. The van der Waals surface area contributed by atoms with E-state index in [9.17, 15) is 13.6 Å². The van der Waals surface area contributed by atoms with Gasteiger partial charge < -0.3 is 16.4 Å². The third-order valence-corrected chi connectivity index (χ3v) is 3.60. The molecule has 0 atom stereocenters. The summed E-state index contributed by atoms with van der Waals surface area (Å²) in [4.78, 5) is 19.5. The van der Waals surface area contributed by atoms with Gasteiger partial charge in [0, 0.05) is 17.3 Å². The number of halogens is 2. The van der Waals surface area contributed by atoms with E-state index in [4.69, 9.17) is 5.73 Å². The molecular weight excluding hydrogens is 340 g/mol. The maximum atomic E-state index is 13.8. The molecule has 0 aliphatic heterocycles. The molecule has 0 aliphatic rings. The van der Waals surface area contributed by atoms with E-state index in [1.54, 1.807) is 24.3 Å². The molecule has 0 fully saturated rings. The highest BCUT2D eigenvalue weighted by atomic mass is 19.1. The minimum atomic E-state index is -0.645. The van der Waals surface area contributed by atoms with Gasteiger partial charge in [0.2, 0.25) is 0 Å². The molecule has 0 spiro atoms. The summed E-state index contributed by atoms with van der Waals surface area (Å²) in [5.41, 5.74) is 7.18. The molecule has 6 nitrogen and oxygen atoms in total. The molecule has 2 aromatic carbocycles. The van der Waals surface area contributed by atoms with Gasteiger partial charge in [-0.25, -0.2) is 18.7 Å². The van der Waals surface area contributed by atoms with Gasteiger partial charge >= 0.3 is 0 Å². The lowest BCUT2D eigenvalue weighted by Crippen LogP contribution is -2.06. The highest BCUT2D eigenvalue weighted by Crippen LogP contribution is 2.29. The number of nitrogen functional groups attached to an aromatic ring is 1. The topological polar surface area (TPSA) is 92.9 Å². The third-order valence-electron chi connectivity index (χ3n) is 3.60. The first-order valence-electron chi connectivity index (χ1n) is 7.64. The normalized spacial score (nSPS) is 10.4.